The van der Waals surface area contributed by atoms with Gasteiger partial charge in [0.2, 0.25) is 11.8 Å². The molecule has 0 radical (unpaired) electrons. The number of carbonyl (C=O) groups excluding carboxylic acids is 2. The van der Waals surface area contributed by atoms with Crippen molar-refractivity contribution >= 4 is 17.6 Å². The highest BCUT2D eigenvalue weighted by Crippen LogP contribution is 2.33. The molecule has 2 aliphatic rings. The first kappa shape index (κ1) is 17.8. The van der Waals surface area contributed by atoms with Crippen LogP contribution in [0, 0.1) is 5.92 Å². The number of fused-ring (bicyclic) bond motifs is 1. The standard InChI is InChI=1S/C21H26N4O2/c1-15(2)25-14-22-19-18(25)12-17(20(26)23-10-6-7-11-23)21(27)24(19)13-16-8-4-3-5-9-16/h3-5,8-9,14-15,17H,6-7,10-13H2,1-2H3. The predicted molar refractivity (Wildman–Crippen MR) is 103 cm³/mol. The first-order valence-corrected chi connectivity index (χ1v) is 9.76. The van der Waals surface area contributed by atoms with Gasteiger partial charge in [0.25, 0.3) is 0 Å². The summed E-state index contributed by atoms with van der Waals surface area (Å²) in [6.07, 6.45) is 4.28. The molecule has 2 amide bonds. The van der Waals surface area contributed by atoms with E-state index < -0.39 is 5.92 Å². The van der Waals surface area contributed by atoms with E-state index in [1.165, 1.54) is 0 Å². The summed E-state index contributed by atoms with van der Waals surface area (Å²) >= 11 is 0. The molecule has 3 heterocycles. The number of carbonyl (C=O) groups is 2. The third-order valence-corrected chi connectivity index (χ3v) is 5.55. The molecule has 0 aliphatic carbocycles. The lowest BCUT2D eigenvalue weighted by molar-refractivity contribution is -0.140. The minimum Gasteiger partial charge on any atom is -0.342 e. The zero-order valence-electron chi connectivity index (χ0n) is 16.0. The molecule has 0 N–H and O–H groups in total. The molecule has 2 aromatic rings. The molecule has 1 fully saturated rings. The van der Waals surface area contributed by atoms with Crippen LogP contribution >= 0.6 is 0 Å². The smallest absolute Gasteiger partial charge is 0.241 e. The fourth-order valence-corrected chi connectivity index (χ4v) is 4.09. The average molecular weight is 366 g/mol. The average Bonchev–Trinajstić information content (AvgIpc) is 3.33. The van der Waals surface area contributed by atoms with Crippen LogP contribution in [0.25, 0.3) is 0 Å². The summed E-state index contributed by atoms with van der Waals surface area (Å²) in [7, 11) is 0. The van der Waals surface area contributed by atoms with Crippen molar-refractivity contribution < 1.29 is 9.59 Å². The Morgan fingerprint density at radius 3 is 2.56 bits per heavy atom. The van der Waals surface area contributed by atoms with Gasteiger partial charge in [0, 0.05) is 25.6 Å². The molecule has 6 heteroatoms. The highest BCUT2D eigenvalue weighted by molar-refractivity contribution is 6.09. The van der Waals surface area contributed by atoms with Crippen LogP contribution < -0.4 is 4.90 Å². The topological polar surface area (TPSA) is 58.4 Å². The SMILES string of the molecule is CC(C)n1cnc2c1CC(C(=O)N1CCCC1)C(=O)N2Cc1ccccc1. The first-order chi connectivity index (χ1) is 13.1. The van der Waals surface area contributed by atoms with Crippen LogP contribution in [0.1, 0.15) is 44.0 Å². The molecule has 142 valence electrons. The van der Waals surface area contributed by atoms with Gasteiger partial charge in [-0.3, -0.25) is 14.5 Å². The summed E-state index contributed by atoms with van der Waals surface area (Å²) in [5.74, 6) is -0.105. The summed E-state index contributed by atoms with van der Waals surface area (Å²) in [5, 5.41) is 0. The van der Waals surface area contributed by atoms with Crippen LogP contribution in [0.2, 0.25) is 0 Å². The maximum absolute atomic E-state index is 13.3. The van der Waals surface area contributed by atoms with Crippen molar-refractivity contribution in [2.75, 3.05) is 18.0 Å². The molecule has 0 saturated carbocycles. The molecule has 0 bridgehead atoms. The molecule has 0 spiro atoms. The summed E-state index contributed by atoms with van der Waals surface area (Å²) in [5.41, 5.74) is 2.02. The lowest BCUT2D eigenvalue weighted by Crippen LogP contribution is -2.48. The number of hydrogen-bond acceptors (Lipinski definition) is 3. The van der Waals surface area contributed by atoms with Crippen LogP contribution in [0.4, 0.5) is 5.82 Å². The van der Waals surface area contributed by atoms with Crippen molar-refractivity contribution in [1.82, 2.24) is 14.5 Å². The summed E-state index contributed by atoms with van der Waals surface area (Å²) in [4.78, 5) is 34.5. The summed E-state index contributed by atoms with van der Waals surface area (Å²) < 4.78 is 2.09. The van der Waals surface area contributed by atoms with Crippen LogP contribution in [0.3, 0.4) is 0 Å². The van der Waals surface area contributed by atoms with E-state index in [9.17, 15) is 9.59 Å². The van der Waals surface area contributed by atoms with Crippen LogP contribution in [0.15, 0.2) is 36.7 Å². The molecule has 6 nitrogen and oxygen atoms in total. The van der Waals surface area contributed by atoms with Gasteiger partial charge in [-0.25, -0.2) is 4.98 Å². The Morgan fingerprint density at radius 1 is 1.19 bits per heavy atom. The Kier molecular flexibility index (Phi) is 4.72. The molecule has 1 unspecified atom stereocenters. The Balaban J connectivity index is 1.70. The molecule has 1 atom stereocenters. The molecule has 1 aromatic heterocycles. The molecule has 1 saturated heterocycles. The lowest BCUT2D eigenvalue weighted by Gasteiger charge is -2.33. The number of rotatable bonds is 4. The second kappa shape index (κ2) is 7.18. The van der Waals surface area contributed by atoms with Crippen molar-refractivity contribution in [3.05, 3.63) is 47.9 Å². The maximum Gasteiger partial charge on any atom is 0.241 e. The normalized spacial score (nSPS) is 19.7. The van der Waals surface area contributed by atoms with E-state index >= 15 is 0 Å². The van der Waals surface area contributed by atoms with Gasteiger partial charge in [0.15, 0.2) is 5.82 Å². The highest BCUT2D eigenvalue weighted by Gasteiger charge is 2.42. The number of imidazole rings is 1. The quantitative estimate of drug-likeness (QED) is 0.782. The van der Waals surface area contributed by atoms with E-state index in [-0.39, 0.29) is 17.9 Å². The number of likely N-dealkylation sites (tertiary alicyclic amines) is 1. The fourth-order valence-electron chi connectivity index (χ4n) is 4.09. The number of aromatic nitrogens is 2. The molecule has 27 heavy (non-hydrogen) atoms. The van der Waals surface area contributed by atoms with Gasteiger partial charge in [-0.1, -0.05) is 30.3 Å². The number of anilines is 1. The zero-order chi connectivity index (χ0) is 19.0. The van der Waals surface area contributed by atoms with Crippen LogP contribution in [-0.2, 0) is 22.6 Å². The van der Waals surface area contributed by atoms with Gasteiger partial charge >= 0.3 is 0 Å². The Morgan fingerprint density at radius 2 is 1.89 bits per heavy atom. The molecule has 1 aromatic carbocycles. The van der Waals surface area contributed by atoms with Crippen LogP contribution in [0.5, 0.6) is 0 Å². The monoisotopic (exact) mass is 366 g/mol. The molecule has 2 aliphatic heterocycles. The van der Waals surface area contributed by atoms with Crippen LogP contribution in [-0.4, -0.2) is 39.4 Å². The summed E-state index contributed by atoms with van der Waals surface area (Å²) in [6.45, 7) is 6.15. The minimum atomic E-state index is -0.645. The first-order valence-electron chi connectivity index (χ1n) is 9.76. The minimum absolute atomic E-state index is 0.0299. The van der Waals surface area contributed by atoms with Crippen molar-refractivity contribution in [3.63, 3.8) is 0 Å². The van der Waals surface area contributed by atoms with E-state index in [0.717, 1.165) is 37.2 Å². The van der Waals surface area contributed by atoms with Gasteiger partial charge in [0.1, 0.15) is 5.92 Å². The Labute approximate surface area is 159 Å². The Hall–Kier alpha value is -2.63. The van der Waals surface area contributed by atoms with Gasteiger partial charge in [-0.15, -0.1) is 0 Å². The van der Waals surface area contributed by atoms with Gasteiger partial charge in [-0.05, 0) is 32.3 Å². The van der Waals surface area contributed by atoms with E-state index in [1.54, 1.807) is 11.2 Å². The lowest BCUT2D eigenvalue weighted by atomic mass is 9.94. The predicted octanol–water partition coefficient (Wildman–Crippen LogP) is 2.79. The second-order valence-electron chi connectivity index (χ2n) is 7.71. The Bertz CT molecular complexity index is 837. The third kappa shape index (κ3) is 3.24. The second-order valence-corrected chi connectivity index (χ2v) is 7.71. The maximum atomic E-state index is 13.3. The summed E-state index contributed by atoms with van der Waals surface area (Å²) in [6, 6.07) is 10.1. The van der Waals surface area contributed by atoms with E-state index in [2.05, 4.69) is 23.4 Å². The van der Waals surface area contributed by atoms with E-state index in [4.69, 9.17) is 0 Å². The largest absolute Gasteiger partial charge is 0.342 e. The van der Waals surface area contributed by atoms with Crippen molar-refractivity contribution in [1.29, 1.82) is 0 Å². The van der Waals surface area contributed by atoms with Crippen molar-refractivity contribution in [2.24, 2.45) is 5.92 Å². The molecule has 4 rings (SSSR count). The van der Waals surface area contributed by atoms with Gasteiger partial charge < -0.3 is 9.47 Å². The zero-order valence-corrected chi connectivity index (χ0v) is 16.0. The van der Waals surface area contributed by atoms with Gasteiger partial charge in [0.05, 0.1) is 18.6 Å². The highest BCUT2D eigenvalue weighted by atomic mass is 16.2. The molecular formula is C21H26N4O2. The third-order valence-electron chi connectivity index (χ3n) is 5.55. The number of amides is 2. The number of hydrogen-bond donors (Lipinski definition) is 0. The van der Waals surface area contributed by atoms with E-state index in [1.807, 2.05) is 35.2 Å². The van der Waals surface area contributed by atoms with Crippen molar-refractivity contribution in [3.8, 4) is 0 Å². The van der Waals surface area contributed by atoms with E-state index in [0.29, 0.717) is 18.8 Å². The molecular weight excluding hydrogens is 340 g/mol. The number of nitrogens with zero attached hydrogens (tertiary/aromatic N) is 4. The number of benzene rings is 1. The van der Waals surface area contributed by atoms with Crippen molar-refractivity contribution in [2.45, 2.75) is 45.7 Å². The van der Waals surface area contributed by atoms with Gasteiger partial charge in [-0.2, -0.15) is 0 Å². The fraction of sp³-hybridized carbons (Fsp3) is 0.476.